The summed E-state index contributed by atoms with van der Waals surface area (Å²) in [6, 6.07) is 3.45. The van der Waals surface area contributed by atoms with Crippen molar-refractivity contribution >= 4 is 23.2 Å². The number of anilines is 1. The zero-order chi connectivity index (χ0) is 13.0. The topological polar surface area (TPSA) is 51.2 Å². The summed E-state index contributed by atoms with van der Waals surface area (Å²) >= 11 is 6.07. The Bertz CT molecular complexity index is 468. The molecule has 18 heavy (non-hydrogen) atoms. The van der Waals surface area contributed by atoms with Crippen LogP contribution in [0.3, 0.4) is 0 Å². The van der Waals surface area contributed by atoms with Crippen LogP contribution in [0.1, 0.15) is 25.7 Å². The minimum atomic E-state index is -0.133. The molecule has 0 aromatic carbocycles. The van der Waals surface area contributed by atoms with Gasteiger partial charge in [0.2, 0.25) is 5.88 Å². The number of aromatic nitrogens is 1. The van der Waals surface area contributed by atoms with Gasteiger partial charge in [-0.25, -0.2) is 4.98 Å². The predicted molar refractivity (Wildman–Crippen MR) is 70.8 cm³/mol. The Kier molecular flexibility index (Phi) is 4.20. The average molecular weight is 267 g/mol. The highest BCUT2D eigenvalue weighted by Crippen LogP contribution is 2.28. The van der Waals surface area contributed by atoms with E-state index in [-0.39, 0.29) is 5.91 Å². The fourth-order valence-corrected chi connectivity index (χ4v) is 2.20. The highest BCUT2D eigenvalue weighted by molar-refractivity contribution is 6.32. The molecule has 0 saturated heterocycles. The maximum atomic E-state index is 12.0. The molecule has 1 heterocycles. The maximum absolute atomic E-state index is 12.0. The summed E-state index contributed by atoms with van der Waals surface area (Å²) in [6.07, 6.45) is 5.17. The van der Waals surface area contributed by atoms with Crippen LogP contribution in [-0.2, 0) is 4.79 Å². The minimum absolute atomic E-state index is 0.133. The normalized spacial score (nSPS) is 15.4. The van der Waals surface area contributed by atoms with Crippen LogP contribution in [0, 0.1) is 0 Å². The van der Waals surface area contributed by atoms with E-state index in [1.54, 1.807) is 25.4 Å². The van der Waals surface area contributed by atoms with E-state index in [4.69, 9.17) is 16.3 Å². The number of nitrogens with one attached hydrogen (secondary N) is 1. The molecule has 0 spiro atoms. The van der Waals surface area contributed by atoms with Gasteiger partial charge >= 0.3 is 0 Å². The SMILES string of the molecule is COc1ccc(NC(=O)C2=C(Cl)CCCC2)cn1. The lowest BCUT2D eigenvalue weighted by atomic mass is 9.98. The van der Waals surface area contributed by atoms with Crippen LogP contribution >= 0.6 is 11.6 Å². The van der Waals surface area contributed by atoms with Gasteiger partial charge in [0.1, 0.15) is 0 Å². The first-order chi connectivity index (χ1) is 8.70. The van der Waals surface area contributed by atoms with Gasteiger partial charge in [-0.2, -0.15) is 0 Å². The van der Waals surface area contributed by atoms with Crippen LogP contribution in [0.15, 0.2) is 28.9 Å². The van der Waals surface area contributed by atoms with Crippen molar-refractivity contribution < 1.29 is 9.53 Å². The Morgan fingerprint density at radius 2 is 2.17 bits per heavy atom. The molecule has 5 heteroatoms. The first kappa shape index (κ1) is 12.9. The molecule has 1 aliphatic rings. The number of hydrogen-bond donors (Lipinski definition) is 1. The van der Waals surface area contributed by atoms with Crippen LogP contribution in [0.4, 0.5) is 5.69 Å². The summed E-state index contributed by atoms with van der Waals surface area (Å²) in [5.41, 5.74) is 1.34. The number of pyridine rings is 1. The monoisotopic (exact) mass is 266 g/mol. The Morgan fingerprint density at radius 1 is 1.39 bits per heavy atom. The zero-order valence-electron chi connectivity index (χ0n) is 10.2. The number of rotatable bonds is 3. The number of amides is 1. The Morgan fingerprint density at radius 3 is 2.78 bits per heavy atom. The van der Waals surface area contributed by atoms with Crippen LogP contribution in [0.5, 0.6) is 5.88 Å². The number of allylic oxidation sites excluding steroid dienone is 1. The van der Waals surface area contributed by atoms with E-state index >= 15 is 0 Å². The molecule has 0 atom stereocenters. The standard InChI is InChI=1S/C13H15ClN2O2/c1-18-12-7-6-9(8-15-12)16-13(17)10-4-2-3-5-11(10)14/h6-8H,2-5H2,1H3,(H,16,17). The molecule has 0 fully saturated rings. The second-order valence-electron chi connectivity index (χ2n) is 4.13. The fourth-order valence-electron chi connectivity index (χ4n) is 1.89. The summed E-state index contributed by atoms with van der Waals surface area (Å²) in [5, 5.41) is 3.47. The van der Waals surface area contributed by atoms with E-state index in [1.165, 1.54) is 0 Å². The molecule has 0 aliphatic heterocycles. The number of ether oxygens (including phenoxy) is 1. The highest BCUT2D eigenvalue weighted by atomic mass is 35.5. The number of methoxy groups -OCH3 is 1. The third-order valence-corrected chi connectivity index (χ3v) is 3.30. The molecule has 1 aliphatic carbocycles. The van der Waals surface area contributed by atoms with Gasteiger partial charge < -0.3 is 10.1 Å². The van der Waals surface area contributed by atoms with E-state index in [2.05, 4.69) is 10.3 Å². The minimum Gasteiger partial charge on any atom is -0.481 e. The van der Waals surface area contributed by atoms with Crippen molar-refractivity contribution in [3.63, 3.8) is 0 Å². The smallest absolute Gasteiger partial charge is 0.252 e. The molecule has 0 saturated carbocycles. The quantitative estimate of drug-likeness (QED) is 0.915. The average Bonchev–Trinajstić information content (AvgIpc) is 2.40. The third-order valence-electron chi connectivity index (χ3n) is 2.88. The van der Waals surface area contributed by atoms with Crippen LogP contribution in [0.25, 0.3) is 0 Å². The predicted octanol–water partition coefficient (Wildman–Crippen LogP) is 3.10. The van der Waals surface area contributed by atoms with Crippen LogP contribution < -0.4 is 10.1 Å². The van der Waals surface area contributed by atoms with Crippen molar-refractivity contribution in [2.24, 2.45) is 0 Å². The molecule has 0 unspecified atom stereocenters. The first-order valence-corrected chi connectivity index (χ1v) is 6.27. The fraction of sp³-hybridized carbons (Fsp3) is 0.385. The molecule has 1 aromatic rings. The molecule has 96 valence electrons. The van der Waals surface area contributed by atoms with Gasteiger partial charge in [-0.1, -0.05) is 11.6 Å². The third kappa shape index (κ3) is 3.01. The molecule has 1 aromatic heterocycles. The van der Waals surface area contributed by atoms with Gasteiger partial charge in [0.25, 0.3) is 5.91 Å². The van der Waals surface area contributed by atoms with Gasteiger partial charge in [-0.3, -0.25) is 4.79 Å². The number of hydrogen-bond acceptors (Lipinski definition) is 3. The van der Waals surface area contributed by atoms with Gasteiger partial charge in [0.05, 0.1) is 19.0 Å². The second-order valence-corrected chi connectivity index (χ2v) is 4.59. The molecule has 4 nitrogen and oxygen atoms in total. The van der Waals surface area contributed by atoms with E-state index in [9.17, 15) is 4.79 Å². The molecule has 1 amide bonds. The van der Waals surface area contributed by atoms with Gasteiger partial charge in [0, 0.05) is 16.7 Å². The Labute approximate surface area is 111 Å². The summed E-state index contributed by atoms with van der Waals surface area (Å²) < 4.78 is 4.95. The second kappa shape index (κ2) is 5.87. The first-order valence-electron chi connectivity index (χ1n) is 5.89. The van der Waals surface area contributed by atoms with Gasteiger partial charge in [-0.05, 0) is 31.7 Å². The lowest BCUT2D eigenvalue weighted by molar-refractivity contribution is -0.113. The molecule has 1 N–H and O–H groups in total. The zero-order valence-corrected chi connectivity index (χ0v) is 11.0. The molecule has 0 radical (unpaired) electrons. The number of halogens is 1. The molecule has 0 bridgehead atoms. The van der Waals surface area contributed by atoms with E-state index in [0.717, 1.165) is 25.7 Å². The summed E-state index contributed by atoms with van der Waals surface area (Å²) in [5.74, 6) is 0.384. The molecular formula is C13H15ClN2O2. The van der Waals surface area contributed by atoms with E-state index in [1.807, 2.05) is 0 Å². The number of carbonyl (C=O) groups is 1. The summed E-state index contributed by atoms with van der Waals surface area (Å²) in [4.78, 5) is 16.0. The van der Waals surface area contributed by atoms with Crippen LogP contribution in [-0.4, -0.2) is 18.0 Å². The van der Waals surface area contributed by atoms with Crippen molar-refractivity contribution in [1.29, 1.82) is 0 Å². The summed E-state index contributed by atoms with van der Waals surface area (Å²) in [7, 11) is 1.55. The molecule has 2 rings (SSSR count). The van der Waals surface area contributed by atoms with Crippen molar-refractivity contribution in [2.45, 2.75) is 25.7 Å². The highest BCUT2D eigenvalue weighted by Gasteiger charge is 2.17. The molecular weight excluding hydrogens is 252 g/mol. The largest absolute Gasteiger partial charge is 0.481 e. The summed E-state index contributed by atoms with van der Waals surface area (Å²) in [6.45, 7) is 0. The van der Waals surface area contributed by atoms with Gasteiger partial charge in [-0.15, -0.1) is 0 Å². The number of nitrogens with zero attached hydrogens (tertiary/aromatic N) is 1. The van der Waals surface area contributed by atoms with E-state index in [0.29, 0.717) is 22.2 Å². The van der Waals surface area contributed by atoms with Crippen molar-refractivity contribution in [2.75, 3.05) is 12.4 Å². The number of carbonyl (C=O) groups excluding carboxylic acids is 1. The Balaban J connectivity index is 2.06. The van der Waals surface area contributed by atoms with Crippen molar-refractivity contribution in [1.82, 2.24) is 4.98 Å². The van der Waals surface area contributed by atoms with Gasteiger partial charge in [0.15, 0.2) is 0 Å². The van der Waals surface area contributed by atoms with Crippen molar-refractivity contribution in [3.05, 3.63) is 28.9 Å². The lowest BCUT2D eigenvalue weighted by Gasteiger charge is -2.15. The maximum Gasteiger partial charge on any atom is 0.252 e. The van der Waals surface area contributed by atoms with E-state index < -0.39 is 0 Å². The van der Waals surface area contributed by atoms with Crippen molar-refractivity contribution in [3.8, 4) is 5.88 Å². The lowest BCUT2D eigenvalue weighted by Crippen LogP contribution is -2.17. The Hall–Kier alpha value is -1.55. The van der Waals surface area contributed by atoms with Crippen LogP contribution in [0.2, 0.25) is 0 Å².